The van der Waals surface area contributed by atoms with Crippen LogP contribution in [0.4, 0.5) is 0 Å². The largest absolute Gasteiger partial charge is 0.508 e. The highest BCUT2D eigenvalue weighted by Gasteiger charge is 2.45. The summed E-state index contributed by atoms with van der Waals surface area (Å²) in [5.74, 6) is 0.446. The third-order valence-electron chi connectivity index (χ3n) is 7.70. The first-order chi connectivity index (χ1) is 15.9. The zero-order chi connectivity index (χ0) is 23.4. The Morgan fingerprint density at radius 3 is 2.19 bits per heavy atom. The van der Waals surface area contributed by atoms with Crippen LogP contribution in [0.2, 0.25) is 0 Å². The van der Waals surface area contributed by atoms with Gasteiger partial charge in [0.2, 0.25) is 0 Å². The van der Waals surface area contributed by atoms with E-state index in [-0.39, 0.29) is 68.4 Å². The van der Waals surface area contributed by atoms with Crippen LogP contribution in [0, 0.1) is 0 Å². The molecule has 2 aromatic carbocycles. The Balaban J connectivity index is 0.00000216. The smallest absolute Gasteiger partial charge is 0.160 e. The van der Waals surface area contributed by atoms with E-state index in [0.717, 1.165) is 63.1 Å². The number of fused-ring (bicyclic) bond motifs is 1. The van der Waals surface area contributed by atoms with Gasteiger partial charge >= 0.3 is 0 Å². The second kappa shape index (κ2) is 14.9. The summed E-state index contributed by atoms with van der Waals surface area (Å²) in [5, 5.41) is 30.1. The summed E-state index contributed by atoms with van der Waals surface area (Å²) in [6.07, 6.45) is 7.23. The van der Waals surface area contributed by atoms with Crippen LogP contribution in [0.3, 0.4) is 0 Å². The van der Waals surface area contributed by atoms with Gasteiger partial charge in [0.25, 0.3) is 0 Å². The summed E-state index contributed by atoms with van der Waals surface area (Å²) in [6, 6.07) is 11.1. The van der Waals surface area contributed by atoms with Crippen LogP contribution in [0.15, 0.2) is 36.4 Å². The summed E-state index contributed by atoms with van der Waals surface area (Å²) in [7, 11) is 0. The van der Waals surface area contributed by atoms with E-state index in [1.807, 2.05) is 18.2 Å². The number of unbranched alkanes of at least 4 members (excludes halogenated alkanes) is 3. The molecule has 2 aliphatic rings. The molecule has 4 rings (SSSR count). The molecule has 1 heterocycles. The Morgan fingerprint density at radius 2 is 1.56 bits per heavy atom. The van der Waals surface area contributed by atoms with Crippen molar-refractivity contribution in [3.05, 3.63) is 53.1 Å². The number of benzene rings is 2. The Hall–Kier alpha value is -0.840. The average molecular weight is 696 g/mol. The van der Waals surface area contributed by atoms with Gasteiger partial charge in [0, 0.05) is 44.2 Å². The summed E-state index contributed by atoms with van der Waals surface area (Å²) >= 11 is 0. The molecule has 0 saturated carbocycles. The molecule has 9 heteroatoms. The van der Waals surface area contributed by atoms with E-state index in [1.165, 1.54) is 24.8 Å². The number of nitrogens with two attached hydrogens (primary N) is 1. The van der Waals surface area contributed by atoms with Crippen molar-refractivity contribution in [1.82, 2.24) is 9.80 Å². The first-order valence-corrected chi connectivity index (χ1v) is 12.5. The van der Waals surface area contributed by atoms with Crippen molar-refractivity contribution in [2.24, 2.45) is 5.73 Å². The van der Waals surface area contributed by atoms with E-state index in [2.05, 4.69) is 16.7 Å². The molecular formula is C27H42Br3N3O3. The second-order valence-corrected chi connectivity index (χ2v) is 9.82. The summed E-state index contributed by atoms with van der Waals surface area (Å²) < 4.78 is 0. The van der Waals surface area contributed by atoms with Crippen LogP contribution in [-0.4, -0.2) is 57.0 Å². The molecule has 1 aliphatic carbocycles. The average Bonchev–Trinajstić information content (AvgIpc) is 2.82. The highest BCUT2D eigenvalue weighted by molar-refractivity contribution is 8.93. The lowest BCUT2D eigenvalue weighted by molar-refractivity contribution is 0.00215. The molecule has 0 bridgehead atoms. The standard InChI is InChI=1S/C27H39N3O3.3BrH/c1-2-3-4-5-6-24-22-11-12-25(32)26(33)23(22)13-14-27(24,28)30-17-15-29(16-18-30)19-20-7-9-21(31)10-8-20;;;/h7-12,24,31-33H,2-6,13-19,28H2,1H3;3*1H. The first-order valence-electron chi connectivity index (χ1n) is 12.5. The topological polar surface area (TPSA) is 93.2 Å². The van der Waals surface area contributed by atoms with Gasteiger partial charge in [0.15, 0.2) is 11.5 Å². The van der Waals surface area contributed by atoms with E-state index in [0.29, 0.717) is 12.2 Å². The number of nitrogens with zero attached hydrogens (tertiary/aromatic N) is 2. The Bertz CT molecular complexity index is 940. The fourth-order valence-electron chi connectivity index (χ4n) is 5.74. The van der Waals surface area contributed by atoms with Gasteiger partial charge in [-0.25, -0.2) is 0 Å². The third kappa shape index (κ3) is 7.38. The fourth-order valence-corrected chi connectivity index (χ4v) is 5.74. The van der Waals surface area contributed by atoms with Crippen LogP contribution >= 0.6 is 50.9 Å². The maximum Gasteiger partial charge on any atom is 0.160 e. The number of phenolic OH excluding ortho intramolecular Hbond substituents is 3. The molecule has 0 aromatic heterocycles. The van der Waals surface area contributed by atoms with Gasteiger partial charge in [-0.05, 0) is 48.6 Å². The van der Waals surface area contributed by atoms with Gasteiger partial charge in [-0.1, -0.05) is 50.8 Å². The van der Waals surface area contributed by atoms with Crippen molar-refractivity contribution in [3.63, 3.8) is 0 Å². The Labute approximate surface area is 247 Å². The van der Waals surface area contributed by atoms with Crippen LogP contribution in [-0.2, 0) is 13.0 Å². The Kier molecular flexibility index (Phi) is 13.8. The van der Waals surface area contributed by atoms with Crippen molar-refractivity contribution in [1.29, 1.82) is 0 Å². The predicted octanol–water partition coefficient (Wildman–Crippen LogP) is 6.01. The number of aromatic hydroxyl groups is 3. The van der Waals surface area contributed by atoms with Gasteiger partial charge in [-0.3, -0.25) is 9.80 Å². The van der Waals surface area contributed by atoms with Gasteiger partial charge < -0.3 is 21.1 Å². The van der Waals surface area contributed by atoms with Crippen LogP contribution < -0.4 is 5.73 Å². The van der Waals surface area contributed by atoms with Crippen LogP contribution in [0.5, 0.6) is 17.2 Å². The molecule has 1 saturated heterocycles. The number of piperazine rings is 1. The minimum absolute atomic E-state index is 0. The highest BCUT2D eigenvalue weighted by Crippen LogP contribution is 2.47. The fraction of sp³-hybridized carbons (Fsp3) is 0.556. The van der Waals surface area contributed by atoms with E-state index in [9.17, 15) is 15.3 Å². The quantitative estimate of drug-likeness (QED) is 0.200. The normalized spacial score (nSPS) is 22.0. The molecule has 1 fully saturated rings. The second-order valence-electron chi connectivity index (χ2n) is 9.82. The van der Waals surface area contributed by atoms with Gasteiger partial charge in [0.05, 0.1) is 5.66 Å². The molecule has 36 heavy (non-hydrogen) atoms. The SMILES string of the molecule is Br.Br.Br.CCCCCCC1c2ccc(O)c(O)c2CCC1(N)N1CCN(Cc2ccc(O)cc2)CC1. The molecule has 1 aliphatic heterocycles. The lowest BCUT2D eigenvalue weighted by atomic mass is 9.71. The van der Waals surface area contributed by atoms with E-state index in [1.54, 1.807) is 18.2 Å². The molecule has 0 spiro atoms. The van der Waals surface area contributed by atoms with Crippen molar-refractivity contribution in [2.75, 3.05) is 26.2 Å². The number of rotatable bonds is 8. The van der Waals surface area contributed by atoms with Crippen LogP contribution in [0.25, 0.3) is 0 Å². The number of phenols is 3. The zero-order valence-corrected chi connectivity index (χ0v) is 26.2. The molecule has 6 nitrogen and oxygen atoms in total. The molecule has 2 atom stereocenters. The van der Waals surface area contributed by atoms with Crippen molar-refractivity contribution < 1.29 is 15.3 Å². The number of hydrogen-bond acceptors (Lipinski definition) is 6. The predicted molar refractivity (Wildman–Crippen MR) is 162 cm³/mol. The Morgan fingerprint density at radius 1 is 0.889 bits per heavy atom. The van der Waals surface area contributed by atoms with Crippen molar-refractivity contribution in [2.45, 2.75) is 70.0 Å². The van der Waals surface area contributed by atoms with Gasteiger partial charge in [0.1, 0.15) is 5.75 Å². The third-order valence-corrected chi connectivity index (χ3v) is 7.70. The van der Waals surface area contributed by atoms with Crippen LogP contribution in [0.1, 0.15) is 68.1 Å². The maximum atomic E-state index is 10.5. The number of halogens is 3. The first kappa shape index (κ1) is 33.2. The minimum atomic E-state index is -0.437. The van der Waals surface area contributed by atoms with E-state index < -0.39 is 5.66 Å². The summed E-state index contributed by atoms with van der Waals surface area (Å²) in [5.41, 5.74) is 10.0. The van der Waals surface area contributed by atoms with Crippen molar-refractivity contribution >= 4 is 50.9 Å². The van der Waals surface area contributed by atoms with Crippen molar-refractivity contribution in [3.8, 4) is 17.2 Å². The molecule has 2 unspecified atom stereocenters. The lowest BCUT2D eigenvalue weighted by Crippen LogP contribution is -2.65. The van der Waals surface area contributed by atoms with Gasteiger partial charge in [-0.15, -0.1) is 50.9 Å². The summed E-state index contributed by atoms with van der Waals surface area (Å²) in [4.78, 5) is 4.92. The monoisotopic (exact) mass is 693 g/mol. The zero-order valence-electron chi connectivity index (χ0n) is 21.1. The van der Waals surface area contributed by atoms with E-state index in [4.69, 9.17) is 5.73 Å². The number of hydrogen-bond donors (Lipinski definition) is 4. The molecular weight excluding hydrogens is 654 g/mol. The molecule has 0 amide bonds. The highest BCUT2D eigenvalue weighted by atomic mass is 79.9. The summed E-state index contributed by atoms with van der Waals surface area (Å²) in [6.45, 7) is 6.84. The molecule has 5 N–H and O–H groups in total. The van der Waals surface area contributed by atoms with E-state index >= 15 is 0 Å². The lowest BCUT2D eigenvalue weighted by Gasteiger charge is -2.52. The molecule has 2 aromatic rings. The molecule has 204 valence electrons. The maximum absolute atomic E-state index is 10.5. The van der Waals surface area contributed by atoms with Gasteiger partial charge in [-0.2, -0.15) is 0 Å². The molecule has 0 radical (unpaired) electrons. The minimum Gasteiger partial charge on any atom is -0.508 e.